The molecule has 0 saturated carbocycles. The highest BCUT2D eigenvalue weighted by atomic mass is 32.2. The van der Waals surface area contributed by atoms with Crippen LogP contribution in [0.4, 0.5) is 0 Å². The van der Waals surface area contributed by atoms with Crippen LogP contribution >= 0.6 is 11.8 Å². The zero-order valence-corrected chi connectivity index (χ0v) is 18.9. The molecular formula is C27H28N2O2S. The van der Waals surface area contributed by atoms with Gasteiger partial charge in [0.15, 0.2) is 5.76 Å². The molecule has 164 valence electrons. The first kappa shape index (κ1) is 22.2. The van der Waals surface area contributed by atoms with E-state index < -0.39 is 0 Å². The zero-order chi connectivity index (χ0) is 22.0. The molecule has 3 aromatic rings. The minimum atomic E-state index is 0.00312. The fourth-order valence-electron chi connectivity index (χ4n) is 3.76. The number of nitrogens with zero attached hydrogens (tertiary/aromatic N) is 2. The van der Waals surface area contributed by atoms with Crippen molar-refractivity contribution < 1.29 is 9.62 Å². The summed E-state index contributed by atoms with van der Waals surface area (Å²) in [6.07, 6.45) is 14.4. The second-order valence-corrected chi connectivity index (χ2v) is 8.88. The second-order valence-electron chi connectivity index (χ2n) is 7.72. The fourth-order valence-corrected chi connectivity index (χ4v) is 4.83. The molecule has 1 aromatic heterocycles. The standard InChI is InChI=1S/C27H28N2O2S/c30-29-23-19-13-5-3-1-2-4-6-14-20-24(23)32-27-28-25(21-15-9-7-10-16-21)26(31-27)22-17-11-8-12-18-22/h3-12,15-18,24,30H,1-2,13-14,19-20H2/b5-3+,6-4+,29-23-/t24-/m0/s1. The molecule has 4 nitrogen and oxygen atoms in total. The van der Waals surface area contributed by atoms with E-state index in [9.17, 15) is 5.21 Å². The van der Waals surface area contributed by atoms with E-state index in [2.05, 4.69) is 29.5 Å². The molecule has 0 fully saturated rings. The Bertz CT molecular complexity index is 1010. The molecule has 1 atom stereocenters. The lowest BCUT2D eigenvalue weighted by molar-refractivity contribution is 0.316. The third kappa shape index (κ3) is 5.80. The summed E-state index contributed by atoms with van der Waals surface area (Å²) in [4.78, 5) is 4.88. The number of oxime groups is 1. The summed E-state index contributed by atoms with van der Waals surface area (Å²) in [5.74, 6) is 0.762. The van der Waals surface area contributed by atoms with Crippen LogP contribution in [-0.4, -0.2) is 21.2 Å². The van der Waals surface area contributed by atoms with Crippen LogP contribution in [0.1, 0.15) is 38.5 Å². The molecule has 1 N–H and O–H groups in total. The van der Waals surface area contributed by atoms with Gasteiger partial charge in [-0.3, -0.25) is 0 Å². The topological polar surface area (TPSA) is 58.6 Å². The summed E-state index contributed by atoms with van der Waals surface area (Å²) < 4.78 is 6.31. The van der Waals surface area contributed by atoms with Gasteiger partial charge >= 0.3 is 0 Å². The van der Waals surface area contributed by atoms with Crippen molar-refractivity contribution in [3.05, 3.63) is 85.0 Å². The SMILES string of the molecule is O/N=C1/CC/C=C/CC/C=C/CC[C@@H]1Sc1nc(-c2ccccc2)c(-c2ccccc2)o1. The highest BCUT2D eigenvalue weighted by Crippen LogP contribution is 2.38. The van der Waals surface area contributed by atoms with Gasteiger partial charge in [0.25, 0.3) is 5.22 Å². The summed E-state index contributed by atoms with van der Waals surface area (Å²) in [5, 5.41) is 14.0. The molecule has 5 heteroatoms. The monoisotopic (exact) mass is 444 g/mol. The van der Waals surface area contributed by atoms with Crippen molar-refractivity contribution >= 4 is 17.5 Å². The maximum atomic E-state index is 9.74. The Hall–Kier alpha value is -3.05. The molecule has 0 radical (unpaired) electrons. The van der Waals surface area contributed by atoms with Crippen molar-refractivity contribution in [2.24, 2.45) is 5.16 Å². The molecule has 0 amide bonds. The summed E-state index contributed by atoms with van der Waals surface area (Å²) in [6.45, 7) is 0. The molecule has 0 spiro atoms. The van der Waals surface area contributed by atoms with Gasteiger partial charge in [-0.2, -0.15) is 0 Å². The van der Waals surface area contributed by atoms with E-state index >= 15 is 0 Å². The minimum absolute atomic E-state index is 0.00312. The third-order valence-corrected chi connectivity index (χ3v) is 6.60. The van der Waals surface area contributed by atoms with Crippen LogP contribution in [-0.2, 0) is 0 Å². The Kier molecular flexibility index (Phi) is 7.99. The normalized spacial score (nSPS) is 20.9. The van der Waals surface area contributed by atoms with Gasteiger partial charge in [0, 0.05) is 11.1 Å². The van der Waals surface area contributed by atoms with Crippen molar-refractivity contribution in [3.8, 4) is 22.6 Å². The molecule has 0 bridgehead atoms. The van der Waals surface area contributed by atoms with Crippen molar-refractivity contribution in [2.75, 3.05) is 0 Å². The van der Waals surface area contributed by atoms with E-state index in [4.69, 9.17) is 9.40 Å². The summed E-state index contributed by atoms with van der Waals surface area (Å²) in [7, 11) is 0. The van der Waals surface area contributed by atoms with Gasteiger partial charge in [0.2, 0.25) is 0 Å². The summed E-state index contributed by atoms with van der Waals surface area (Å²) in [5.41, 5.74) is 3.63. The first-order valence-corrected chi connectivity index (χ1v) is 12.0. The Morgan fingerprint density at radius 2 is 1.44 bits per heavy atom. The van der Waals surface area contributed by atoms with E-state index in [0.717, 1.165) is 66.8 Å². The Balaban J connectivity index is 1.65. The highest BCUT2D eigenvalue weighted by molar-refractivity contribution is 8.00. The summed E-state index contributed by atoms with van der Waals surface area (Å²) in [6, 6.07) is 20.2. The molecule has 1 heterocycles. The van der Waals surface area contributed by atoms with Gasteiger partial charge < -0.3 is 9.62 Å². The lowest BCUT2D eigenvalue weighted by atomic mass is 10.1. The minimum Gasteiger partial charge on any atom is -0.431 e. The van der Waals surface area contributed by atoms with Crippen molar-refractivity contribution in [2.45, 2.75) is 49.0 Å². The molecule has 32 heavy (non-hydrogen) atoms. The van der Waals surface area contributed by atoms with Gasteiger partial charge in [0.05, 0.1) is 11.0 Å². The van der Waals surface area contributed by atoms with E-state index in [1.807, 2.05) is 60.7 Å². The number of benzene rings is 2. The van der Waals surface area contributed by atoms with Gasteiger partial charge in [-0.1, -0.05) is 102 Å². The van der Waals surface area contributed by atoms with Crippen LogP contribution in [0.15, 0.2) is 99.8 Å². The van der Waals surface area contributed by atoms with E-state index in [0.29, 0.717) is 5.22 Å². The number of hydrogen-bond acceptors (Lipinski definition) is 5. The van der Waals surface area contributed by atoms with E-state index in [-0.39, 0.29) is 5.25 Å². The van der Waals surface area contributed by atoms with Crippen LogP contribution in [0.2, 0.25) is 0 Å². The molecule has 4 rings (SSSR count). The van der Waals surface area contributed by atoms with Gasteiger partial charge in [0.1, 0.15) is 5.69 Å². The molecule has 0 unspecified atom stereocenters. The predicted molar refractivity (Wildman–Crippen MR) is 132 cm³/mol. The predicted octanol–water partition coefficient (Wildman–Crippen LogP) is 7.77. The number of oxazole rings is 1. The van der Waals surface area contributed by atoms with Crippen LogP contribution < -0.4 is 0 Å². The van der Waals surface area contributed by atoms with Crippen LogP contribution in [0, 0.1) is 0 Å². The molecule has 2 aromatic carbocycles. The number of rotatable bonds is 4. The molecule has 0 saturated heterocycles. The van der Waals surface area contributed by atoms with Gasteiger partial charge in [-0.15, -0.1) is 0 Å². The van der Waals surface area contributed by atoms with Gasteiger partial charge in [-0.25, -0.2) is 4.98 Å². The number of aromatic nitrogens is 1. The van der Waals surface area contributed by atoms with Crippen LogP contribution in [0.5, 0.6) is 0 Å². The average molecular weight is 445 g/mol. The first-order valence-electron chi connectivity index (χ1n) is 11.1. The first-order chi connectivity index (χ1) is 15.8. The van der Waals surface area contributed by atoms with Gasteiger partial charge in [-0.05, 0) is 38.5 Å². The highest BCUT2D eigenvalue weighted by Gasteiger charge is 2.23. The average Bonchev–Trinajstić information content (AvgIpc) is 3.26. The lowest BCUT2D eigenvalue weighted by Gasteiger charge is -2.15. The maximum Gasteiger partial charge on any atom is 0.257 e. The van der Waals surface area contributed by atoms with Crippen LogP contribution in [0.25, 0.3) is 22.6 Å². The molecule has 0 aliphatic heterocycles. The summed E-state index contributed by atoms with van der Waals surface area (Å²) >= 11 is 1.55. The molecule has 1 aliphatic carbocycles. The van der Waals surface area contributed by atoms with E-state index in [1.165, 1.54) is 0 Å². The Morgan fingerprint density at radius 3 is 2.12 bits per heavy atom. The molecule has 1 aliphatic rings. The Labute approximate surface area is 193 Å². The second kappa shape index (κ2) is 11.5. The lowest BCUT2D eigenvalue weighted by Crippen LogP contribution is -2.17. The largest absolute Gasteiger partial charge is 0.431 e. The van der Waals surface area contributed by atoms with Crippen molar-refractivity contribution in [3.63, 3.8) is 0 Å². The maximum absolute atomic E-state index is 9.74. The van der Waals surface area contributed by atoms with Crippen molar-refractivity contribution in [1.29, 1.82) is 0 Å². The zero-order valence-electron chi connectivity index (χ0n) is 18.1. The quantitative estimate of drug-likeness (QED) is 0.254. The third-order valence-electron chi connectivity index (χ3n) is 5.43. The fraction of sp³-hybridized carbons (Fsp3) is 0.259. The number of thioether (sulfide) groups is 1. The van der Waals surface area contributed by atoms with E-state index in [1.54, 1.807) is 11.8 Å². The number of allylic oxidation sites excluding steroid dienone is 4. The van der Waals surface area contributed by atoms with Crippen molar-refractivity contribution in [1.82, 2.24) is 4.98 Å². The Morgan fingerprint density at radius 1 is 0.812 bits per heavy atom. The number of hydrogen-bond donors (Lipinski definition) is 1. The molecular weight excluding hydrogens is 416 g/mol. The van der Waals surface area contributed by atoms with Crippen LogP contribution in [0.3, 0.4) is 0 Å². The smallest absolute Gasteiger partial charge is 0.257 e.